The molecule has 1 saturated carbocycles. The predicted molar refractivity (Wildman–Crippen MR) is 75.6 cm³/mol. The third-order valence-electron chi connectivity index (χ3n) is 3.44. The molecule has 2 rings (SSSR count). The highest BCUT2D eigenvalue weighted by Gasteiger charge is 2.29. The number of hydrogen-bond donors (Lipinski definition) is 4. The number of rotatable bonds is 5. The number of quaternary nitrogens is 1. The summed E-state index contributed by atoms with van der Waals surface area (Å²) < 4.78 is 5.32. The molecule has 7 heteroatoms. The van der Waals surface area contributed by atoms with Gasteiger partial charge >= 0.3 is 0 Å². The SMILES string of the molecule is O=C(NNC(=S)NCCC[NH+]1CCOCC1)C1CC1. The van der Waals surface area contributed by atoms with E-state index in [0.29, 0.717) is 5.11 Å². The summed E-state index contributed by atoms with van der Waals surface area (Å²) in [4.78, 5) is 13.0. The summed E-state index contributed by atoms with van der Waals surface area (Å²) in [7, 11) is 0. The van der Waals surface area contributed by atoms with Crippen LogP contribution in [0.25, 0.3) is 0 Å². The Morgan fingerprint density at radius 3 is 2.68 bits per heavy atom. The number of carbonyl (C=O) groups excluding carboxylic acids is 1. The number of amides is 1. The van der Waals surface area contributed by atoms with Crippen LogP contribution in [0.2, 0.25) is 0 Å². The summed E-state index contributed by atoms with van der Waals surface area (Å²) >= 11 is 5.09. The molecule has 1 saturated heterocycles. The van der Waals surface area contributed by atoms with Gasteiger partial charge in [-0.15, -0.1) is 0 Å². The maximum Gasteiger partial charge on any atom is 0.241 e. The minimum Gasteiger partial charge on any atom is -0.370 e. The van der Waals surface area contributed by atoms with E-state index in [4.69, 9.17) is 17.0 Å². The summed E-state index contributed by atoms with van der Waals surface area (Å²) in [5.41, 5.74) is 5.36. The highest BCUT2D eigenvalue weighted by Crippen LogP contribution is 2.28. The van der Waals surface area contributed by atoms with Gasteiger partial charge in [-0.05, 0) is 25.1 Å². The average molecular weight is 287 g/mol. The van der Waals surface area contributed by atoms with Gasteiger partial charge < -0.3 is 15.0 Å². The molecule has 0 bridgehead atoms. The van der Waals surface area contributed by atoms with Gasteiger partial charge in [0.1, 0.15) is 13.1 Å². The van der Waals surface area contributed by atoms with E-state index in [1.54, 1.807) is 4.90 Å². The Morgan fingerprint density at radius 1 is 1.26 bits per heavy atom. The second-order valence-corrected chi connectivity index (χ2v) is 5.52. The van der Waals surface area contributed by atoms with Crippen molar-refractivity contribution < 1.29 is 14.4 Å². The fourth-order valence-corrected chi connectivity index (χ4v) is 2.21. The number of hydrogen-bond acceptors (Lipinski definition) is 3. The molecule has 0 aromatic rings. The normalized spacial score (nSPS) is 19.8. The van der Waals surface area contributed by atoms with Crippen molar-refractivity contribution in [3.05, 3.63) is 0 Å². The monoisotopic (exact) mass is 287 g/mol. The fourth-order valence-electron chi connectivity index (χ4n) is 2.06. The van der Waals surface area contributed by atoms with Crippen LogP contribution in [0.1, 0.15) is 19.3 Å². The quantitative estimate of drug-likeness (QED) is 0.273. The fraction of sp³-hybridized carbons (Fsp3) is 0.833. The van der Waals surface area contributed by atoms with Crippen molar-refractivity contribution in [2.75, 3.05) is 39.4 Å². The van der Waals surface area contributed by atoms with E-state index in [1.807, 2.05) is 0 Å². The van der Waals surface area contributed by atoms with Gasteiger partial charge in [-0.1, -0.05) is 0 Å². The average Bonchev–Trinajstić information content (AvgIpc) is 3.27. The number of ether oxygens (including phenoxy) is 1. The summed E-state index contributed by atoms with van der Waals surface area (Å²) in [6.07, 6.45) is 3.06. The van der Waals surface area contributed by atoms with E-state index in [2.05, 4.69) is 16.2 Å². The van der Waals surface area contributed by atoms with Gasteiger partial charge in [0, 0.05) is 18.9 Å². The minimum absolute atomic E-state index is 0.0434. The molecular formula is C12H23N4O2S+. The molecule has 4 N–H and O–H groups in total. The molecule has 108 valence electrons. The number of nitrogens with one attached hydrogen (secondary N) is 4. The van der Waals surface area contributed by atoms with Gasteiger partial charge in [0.2, 0.25) is 5.91 Å². The molecule has 0 atom stereocenters. The van der Waals surface area contributed by atoms with Crippen LogP contribution in [0, 0.1) is 5.92 Å². The largest absolute Gasteiger partial charge is 0.370 e. The molecule has 1 aliphatic heterocycles. The molecule has 19 heavy (non-hydrogen) atoms. The highest BCUT2D eigenvalue weighted by molar-refractivity contribution is 7.80. The first-order valence-corrected chi connectivity index (χ1v) is 7.41. The van der Waals surface area contributed by atoms with E-state index in [9.17, 15) is 4.79 Å². The van der Waals surface area contributed by atoms with Crippen LogP contribution in [0.5, 0.6) is 0 Å². The van der Waals surface area contributed by atoms with Gasteiger partial charge in [-0.25, -0.2) is 0 Å². The zero-order valence-electron chi connectivity index (χ0n) is 11.2. The molecule has 2 fully saturated rings. The summed E-state index contributed by atoms with van der Waals surface area (Å²) in [6.45, 7) is 5.90. The second-order valence-electron chi connectivity index (χ2n) is 5.11. The van der Waals surface area contributed by atoms with Gasteiger partial charge in [-0.2, -0.15) is 0 Å². The Morgan fingerprint density at radius 2 is 2.00 bits per heavy atom. The second kappa shape index (κ2) is 7.62. The Labute approximate surface area is 119 Å². The summed E-state index contributed by atoms with van der Waals surface area (Å²) in [5.74, 6) is 0.238. The number of carbonyl (C=O) groups is 1. The lowest BCUT2D eigenvalue weighted by molar-refractivity contribution is -0.908. The molecule has 1 aliphatic carbocycles. The van der Waals surface area contributed by atoms with E-state index >= 15 is 0 Å². The summed E-state index contributed by atoms with van der Waals surface area (Å²) in [5, 5.41) is 3.59. The van der Waals surface area contributed by atoms with E-state index < -0.39 is 0 Å². The number of thiocarbonyl (C=S) groups is 1. The molecule has 6 nitrogen and oxygen atoms in total. The standard InChI is InChI=1S/C12H22N4O2S/c17-11(10-2-3-10)14-15-12(19)13-4-1-5-16-6-8-18-9-7-16/h10H,1-9H2,(H,14,17)(H2,13,15,19)/p+1. The molecule has 0 aromatic carbocycles. The third kappa shape index (κ3) is 5.71. The van der Waals surface area contributed by atoms with Gasteiger partial charge in [0.25, 0.3) is 0 Å². The highest BCUT2D eigenvalue weighted by atomic mass is 32.1. The third-order valence-corrected chi connectivity index (χ3v) is 3.69. The molecule has 0 unspecified atom stereocenters. The van der Waals surface area contributed by atoms with E-state index in [1.165, 1.54) is 0 Å². The van der Waals surface area contributed by atoms with Gasteiger partial charge in [0.15, 0.2) is 5.11 Å². The topological polar surface area (TPSA) is 66.8 Å². The van der Waals surface area contributed by atoms with Crippen LogP contribution < -0.4 is 21.1 Å². The van der Waals surface area contributed by atoms with Crippen molar-refractivity contribution in [1.29, 1.82) is 0 Å². The lowest BCUT2D eigenvalue weighted by Gasteiger charge is -2.23. The number of morpholine rings is 1. The Balaban J connectivity index is 1.45. The van der Waals surface area contributed by atoms with Crippen molar-refractivity contribution in [1.82, 2.24) is 16.2 Å². The van der Waals surface area contributed by atoms with Crippen molar-refractivity contribution in [2.45, 2.75) is 19.3 Å². The summed E-state index contributed by atoms with van der Waals surface area (Å²) in [6, 6.07) is 0. The van der Waals surface area contributed by atoms with E-state index in [-0.39, 0.29) is 11.8 Å². The number of hydrazine groups is 1. The molecule has 0 spiro atoms. The zero-order valence-corrected chi connectivity index (χ0v) is 12.0. The minimum atomic E-state index is 0.0434. The smallest absolute Gasteiger partial charge is 0.241 e. The predicted octanol–water partition coefficient (Wildman–Crippen LogP) is -1.80. The lowest BCUT2D eigenvalue weighted by atomic mass is 10.3. The van der Waals surface area contributed by atoms with Crippen molar-refractivity contribution >= 4 is 23.2 Å². The molecule has 0 aromatic heterocycles. The van der Waals surface area contributed by atoms with Crippen LogP contribution in [0.3, 0.4) is 0 Å². The molecular weight excluding hydrogens is 264 g/mol. The Kier molecular flexibility index (Phi) is 5.81. The van der Waals surface area contributed by atoms with E-state index in [0.717, 1.165) is 58.7 Å². The molecule has 1 heterocycles. The van der Waals surface area contributed by atoms with Gasteiger partial charge in [-0.3, -0.25) is 15.6 Å². The molecule has 1 amide bonds. The van der Waals surface area contributed by atoms with Crippen LogP contribution in [-0.4, -0.2) is 50.4 Å². The van der Waals surface area contributed by atoms with Crippen molar-refractivity contribution in [3.63, 3.8) is 0 Å². The van der Waals surface area contributed by atoms with Crippen LogP contribution in [-0.2, 0) is 9.53 Å². The first-order chi connectivity index (χ1) is 9.25. The van der Waals surface area contributed by atoms with Crippen LogP contribution in [0.15, 0.2) is 0 Å². The maximum atomic E-state index is 11.4. The molecule has 2 aliphatic rings. The first-order valence-electron chi connectivity index (χ1n) is 7.00. The van der Waals surface area contributed by atoms with Crippen molar-refractivity contribution in [2.24, 2.45) is 5.92 Å². The molecule has 0 radical (unpaired) electrons. The lowest BCUT2D eigenvalue weighted by Crippen LogP contribution is -3.14. The van der Waals surface area contributed by atoms with Crippen LogP contribution in [0.4, 0.5) is 0 Å². The first kappa shape index (κ1) is 14.5. The Hall–Kier alpha value is -0.920. The van der Waals surface area contributed by atoms with Gasteiger partial charge in [0.05, 0.1) is 19.8 Å². The Bertz CT molecular complexity index is 317. The van der Waals surface area contributed by atoms with Crippen molar-refractivity contribution in [3.8, 4) is 0 Å². The zero-order chi connectivity index (χ0) is 13.5. The van der Waals surface area contributed by atoms with Crippen LogP contribution >= 0.6 is 12.2 Å². The maximum absolute atomic E-state index is 11.4.